The van der Waals surface area contributed by atoms with Gasteiger partial charge in [0.05, 0.1) is 24.7 Å². The molecule has 6 nitrogen and oxygen atoms in total. The summed E-state index contributed by atoms with van der Waals surface area (Å²) in [6, 6.07) is 0. The van der Waals surface area contributed by atoms with Crippen molar-refractivity contribution in [3.8, 4) is 0 Å². The highest BCUT2D eigenvalue weighted by atomic mass is 16.5. The second-order valence-electron chi connectivity index (χ2n) is 7.83. The van der Waals surface area contributed by atoms with E-state index in [-0.39, 0.29) is 48.5 Å². The number of hydrogen-bond donors (Lipinski definition) is 3. The van der Waals surface area contributed by atoms with Crippen molar-refractivity contribution in [1.29, 1.82) is 0 Å². The highest BCUT2D eigenvalue weighted by molar-refractivity contribution is 6.08. The molecule has 3 N–H and O–H groups in total. The molecule has 2 aliphatic rings. The Balaban J connectivity index is 1.76. The fourth-order valence-electron chi connectivity index (χ4n) is 4.00. The number of allylic oxidation sites excluding steroid dienone is 4. The molecular weight excluding hydrogens is 348 g/mol. The Labute approximate surface area is 160 Å². The molecule has 2 rings (SSSR count). The van der Waals surface area contributed by atoms with Gasteiger partial charge in [-0.3, -0.25) is 9.59 Å². The van der Waals surface area contributed by atoms with E-state index in [1.165, 1.54) is 12.2 Å². The average molecular weight is 380 g/mol. The second-order valence-corrected chi connectivity index (χ2v) is 7.83. The molecule has 2 fully saturated rings. The van der Waals surface area contributed by atoms with Gasteiger partial charge in [0.2, 0.25) is 0 Å². The van der Waals surface area contributed by atoms with Crippen molar-refractivity contribution in [3.05, 3.63) is 24.3 Å². The first-order valence-electron chi connectivity index (χ1n) is 9.84. The van der Waals surface area contributed by atoms with Crippen LogP contribution in [0.15, 0.2) is 24.3 Å². The number of hydrogen-bond acceptors (Lipinski definition) is 6. The lowest BCUT2D eigenvalue weighted by atomic mass is 9.79. The smallest absolute Gasteiger partial charge is 0.163 e. The number of carbonyl (C=O) groups excluding carboxylic acids is 2. The van der Waals surface area contributed by atoms with Crippen molar-refractivity contribution in [2.24, 2.45) is 17.8 Å². The minimum absolute atomic E-state index is 0.0507. The largest absolute Gasteiger partial charge is 0.396 e. The average Bonchev–Trinajstić information content (AvgIpc) is 2.66. The lowest BCUT2D eigenvalue weighted by molar-refractivity contribution is -0.122. The molecule has 6 atom stereocenters. The molecule has 152 valence electrons. The lowest BCUT2D eigenvalue weighted by Gasteiger charge is -2.30. The summed E-state index contributed by atoms with van der Waals surface area (Å²) in [5.41, 5.74) is 0. The van der Waals surface area contributed by atoms with Crippen LogP contribution >= 0.6 is 0 Å². The Morgan fingerprint density at radius 1 is 0.926 bits per heavy atom. The number of aliphatic hydroxyl groups excluding tert-OH is 3. The molecule has 6 unspecified atom stereocenters. The summed E-state index contributed by atoms with van der Waals surface area (Å²) in [6.07, 6.45) is 9.46. The van der Waals surface area contributed by atoms with E-state index in [4.69, 9.17) is 4.74 Å². The summed E-state index contributed by atoms with van der Waals surface area (Å²) in [5, 5.41) is 28.8. The van der Waals surface area contributed by atoms with Crippen LogP contribution in [-0.4, -0.2) is 58.9 Å². The summed E-state index contributed by atoms with van der Waals surface area (Å²) >= 11 is 0. The van der Waals surface area contributed by atoms with Crippen molar-refractivity contribution in [3.63, 3.8) is 0 Å². The summed E-state index contributed by atoms with van der Waals surface area (Å²) in [5.74, 6) is -0.267. The third-order valence-electron chi connectivity index (χ3n) is 5.77. The minimum atomic E-state index is -0.472. The van der Waals surface area contributed by atoms with Crippen molar-refractivity contribution < 1.29 is 29.6 Å². The Morgan fingerprint density at radius 2 is 1.48 bits per heavy atom. The van der Waals surface area contributed by atoms with Crippen LogP contribution in [0.2, 0.25) is 0 Å². The van der Waals surface area contributed by atoms with E-state index < -0.39 is 12.2 Å². The SMILES string of the molecule is COC1CC(/C=C/C(=O)CC(=O)/C=C/C2CCC(O)C(CO)C2)CCC1O. The van der Waals surface area contributed by atoms with Crippen LogP contribution in [0.5, 0.6) is 0 Å². The number of carbonyl (C=O) groups is 2. The molecule has 0 heterocycles. The molecule has 2 aliphatic carbocycles. The maximum atomic E-state index is 12.0. The van der Waals surface area contributed by atoms with Gasteiger partial charge in [-0.15, -0.1) is 0 Å². The van der Waals surface area contributed by atoms with Crippen molar-refractivity contribution >= 4 is 11.6 Å². The van der Waals surface area contributed by atoms with E-state index in [9.17, 15) is 24.9 Å². The van der Waals surface area contributed by atoms with Crippen LogP contribution in [0, 0.1) is 17.8 Å². The van der Waals surface area contributed by atoms with Crippen molar-refractivity contribution in [1.82, 2.24) is 0 Å². The minimum Gasteiger partial charge on any atom is -0.396 e. The molecular formula is C21H32O6. The molecule has 0 radical (unpaired) electrons. The van der Waals surface area contributed by atoms with E-state index in [0.29, 0.717) is 25.7 Å². The highest BCUT2D eigenvalue weighted by Gasteiger charge is 2.28. The van der Waals surface area contributed by atoms with Crippen LogP contribution in [-0.2, 0) is 14.3 Å². The quantitative estimate of drug-likeness (QED) is 0.436. The zero-order chi connectivity index (χ0) is 19.8. The van der Waals surface area contributed by atoms with E-state index in [2.05, 4.69) is 0 Å². The van der Waals surface area contributed by atoms with Gasteiger partial charge in [-0.05, 0) is 62.5 Å². The number of ketones is 2. The molecule has 27 heavy (non-hydrogen) atoms. The maximum absolute atomic E-state index is 12.0. The number of ether oxygens (including phenoxy) is 1. The Kier molecular flexibility index (Phi) is 8.83. The molecule has 0 aromatic carbocycles. The topological polar surface area (TPSA) is 104 Å². The van der Waals surface area contributed by atoms with Crippen LogP contribution in [0.4, 0.5) is 0 Å². The predicted octanol–water partition coefficient (Wildman–Crippen LogP) is 1.57. The summed E-state index contributed by atoms with van der Waals surface area (Å²) in [7, 11) is 1.58. The molecule has 0 saturated heterocycles. The van der Waals surface area contributed by atoms with Crippen molar-refractivity contribution in [2.45, 2.75) is 63.3 Å². The first kappa shape index (κ1) is 22.0. The normalized spacial score (nSPS) is 35.0. The van der Waals surface area contributed by atoms with Gasteiger partial charge in [-0.1, -0.05) is 12.2 Å². The van der Waals surface area contributed by atoms with Gasteiger partial charge in [0, 0.05) is 19.6 Å². The maximum Gasteiger partial charge on any atom is 0.163 e. The van der Waals surface area contributed by atoms with Gasteiger partial charge in [0.1, 0.15) is 0 Å². The van der Waals surface area contributed by atoms with Gasteiger partial charge in [-0.2, -0.15) is 0 Å². The molecule has 0 aromatic heterocycles. The summed E-state index contributed by atoms with van der Waals surface area (Å²) in [4.78, 5) is 24.0. The molecule has 0 amide bonds. The molecule has 2 saturated carbocycles. The number of aliphatic hydroxyl groups is 3. The summed E-state index contributed by atoms with van der Waals surface area (Å²) in [6.45, 7) is -0.0507. The fraction of sp³-hybridized carbons (Fsp3) is 0.714. The number of rotatable bonds is 8. The van der Waals surface area contributed by atoms with Crippen LogP contribution in [0.3, 0.4) is 0 Å². The van der Waals surface area contributed by atoms with Gasteiger partial charge < -0.3 is 20.1 Å². The molecule has 0 bridgehead atoms. The highest BCUT2D eigenvalue weighted by Crippen LogP contribution is 2.30. The third-order valence-corrected chi connectivity index (χ3v) is 5.77. The zero-order valence-electron chi connectivity index (χ0n) is 16.0. The fourth-order valence-corrected chi connectivity index (χ4v) is 4.00. The molecule has 6 heteroatoms. The van der Waals surface area contributed by atoms with E-state index in [1.54, 1.807) is 13.2 Å². The summed E-state index contributed by atoms with van der Waals surface area (Å²) < 4.78 is 5.25. The van der Waals surface area contributed by atoms with Crippen molar-refractivity contribution in [2.75, 3.05) is 13.7 Å². The van der Waals surface area contributed by atoms with E-state index in [1.807, 2.05) is 6.08 Å². The molecule has 0 aromatic rings. The molecule has 0 spiro atoms. The Hall–Kier alpha value is -1.34. The van der Waals surface area contributed by atoms with Gasteiger partial charge in [0.25, 0.3) is 0 Å². The van der Waals surface area contributed by atoms with Crippen LogP contribution in [0.25, 0.3) is 0 Å². The lowest BCUT2D eigenvalue weighted by Crippen LogP contribution is -2.34. The zero-order valence-corrected chi connectivity index (χ0v) is 16.0. The van der Waals surface area contributed by atoms with Crippen LogP contribution in [0.1, 0.15) is 44.9 Å². The molecule has 0 aliphatic heterocycles. The first-order chi connectivity index (χ1) is 12.9. The first-order valence-corrected chi connectivity index (χ1v) is 9.84. The predicted molar refractivity (Wildman–Crippen MR) is 101 cm³/mol. The second kappa shape index (κ2) is 10.9. The third kappa shape index (κ3) is 6.96. The van der Waals surface area contributed by atoms with E-state index in [0.717, 1.165) is 12.8 Å². The van der Waals surface area contributed by atoms with Crippen LogP contribution < -0.4 is 0 Å². The monoisotopic (exact) mass is 380 g/mol. The standard InChI is InChI=1S/C21H32O6/c1-27-21-11-15(5-9-20(21)26)3-7-18(24)12-17(23)6-2-14-4-8-19(25)16(10-14)13-22/h2-3,6-7,14-16,19-22,25-26H,4-5,8-13H2,1H3/b6-2+,7-3+. The van der Waals surface area contributed by atoms with Gasteiger partial charge in [0.15, 0.2) is 11.6 Å². The Morgan fingerprint density at radius 3 is 2.04 bits per heavy atom. The van der Waals surface area contributed by atoms with Gasteiger partial charge >= 0.3 is 0 Å². The Bertz CT molecular complexity index is 507. The van der Waals surface area contributed by atoms with Gasteiger partial charge in [-0.25, -0.2) is 0 Å². The van der Waals surface area contributed by atoms with E-state index >= 15 is 0 Å². The number of methoxy groups -OCH3 is 1.